The number of rotatable bonds is 0. The third kappa shape index (κ3) is 1150. The Balaban J connectivity index is -0.00000000167. The van der Waals surface area contributed by atoms with Crippen LogP contribution in [-0.2, 0) is 0 Å². The molecular formula is CH8BrN3. The molecule has 34 valence electrons. The summed E-state index contributed by atoms with van der Waals surface area (Å²) in [5.74, 6) is 0. The molecular weight excluding hydrogens is 134 g/mol. The number of halogens is 1. The standard InChI is InChI=1S/CN.BrH.2H3N/c1-2;;;/h;1H;2*1H3/q-1;;;/p+1. The Bertz CT molecular complexity index is 11.6. The smallest absolute Gasteiger partial charge is 0.369 e. The minimum atomic E-state index is 0. The van der Waals surface area contributed by atoms with Crippen LogP contribution in [0.25, 0.3) is 0 Å². The monoisotopic (exact) mass is 141 g/mol. The molecule has 0 saturated heterocycles. The Kier molecular flexibility index (Phi) is 50200. The molecule has 3 nitrogen and oxygen atoms in total. The maximum absolute atomic E-state index is 6.25. The van der Waals surface area contributed by atoms with E-state index in [2.05, 4.69) is 0 Å². The molecule has 0 aromatic carbocycles. The van der Waals surface area contributed by atoms with Crippen molar-refractivity contribution in [2.24, 2.45) is 0 Å². The first-order valence-corrected chi connectivity index (χ1v) is 0.224. The van der Waals surface area contributed by atoms with Crippen LogP contribution < -0.4 is 29.3 Å². The predicted octanol–water partition coefficient (Wildman–Crippen LogP) is -2.15. The second-order valence-corrected chi connectivity index (χ2v) is 0. The van der Waals surface area contributed by atoms with Gasteiger partial charge in [-0.15, -0.1) is 0 Å². The zero-order valence-corrected chi connectivity index (χ0v) is 4.91. The van der Waals surface area contributed by atoms with Gasteiger partial charge < -0.3 is 41.1 Å². The third-order valence-electron chi connectivity index (χ3n) is 0. The van der Waals surface area contributed by atoms with E-state index in [9.17, 15) is 0 Å². The zero-order valence-electron chi connectivity index (χ0n) is 3.33. The molecule has 8 N–H and O–H groups in total. The predicted molar refractivity (Wildman–Crippen MR) is 16.9 cm³/mol. The fourth-order valence-electron chi connectivity index (χ4n) is 0. The lowest BCUT2D eigenvalue weighted by atomic mass is 11.9. The first-order valence-electron chi connectivity index (χ1n) is 0.224. The van der Waals surface area contributed by atoms with Gasteiger partial charge in [0.15, 0.2) is 0 Å². The Morgan fingerprint density at radius 1 is 1.00 bits per heavy atom. The van der Waals surface area contributed by atoms with E-state index < -0.39 is 0 Å². The summed E-state index contributed by atoms with van der Waals surface area (Å²) in [6.45, 7) is 4.75. The van der Waals surface area contributed by atoms with Gasteiger partial charge in [-0.25, -0.2) is 0 Å². The normalized spacial score (nSPS) is 0.400. The van der Waals surface area contributed by atoms with Crippen LogP contribution in [-0.4, -0.2) is 0 Å². The highest BCUT2D eigenvalue weighted by Gasteiger charge is 0.0775. The molecule has 0 spiro atoms. The van der Waals surface area contributed by atoms with E-state index in [-0.39, 0.29) is 29.3 Å². The molecule has 0 aromatic heterocycles. The average molecular weight is 142 g/mol. The van der Waals surface area contributed by atoms with Crippen LogP contribution in [0.5, 0.6) is 0 Å². The maximum atomic E-state index is 6.25. The number of hydrogen-bond donors (Lipinski definition) is 2. The Hall–Kier alpha value is -0.110. The van der Waals surface area contributed by atoms with Crippen molar-refractivity contribution >= 4 is 0 Å². The molecule has 4 heteroatoms. The van der Waals surface area contributed by atoms with E-state index in [0.29, 0.717) is 0 Å². The van der Waals surface area contributed by atoms with Crippen LogP contribution in [0.1, 0.15) is 0 Å². The van der Waals surface area contributed by atoms with Gasteiger partial charge in [0.1, 0.15) is 0 Å². The molecule has 0 fully saturated rings. The SMILES string of the molecule is [Br-].[C-]#N.[NH4+].[NH4+]. The van der Waals surface area contributed by atoms with Gasteiger partial charge in [-0.2, -0.15) is 0 Å². The summed E-state index contributed by atoms with van der Waals surface area (Å²) in [5.41, 5.74) is 0. The van der Waals surface area contributed by atoms with Crippen LogP contribution >= 0.6 is 0 Å². The quantitative estimate of drug-likeness (QED) is 0.370. The number of quaternary nitrogens is 2. The largest absolute Gasteiger partial charge is 1.00 e. The molecule has 0 radical (unpaired) electrons. The van der Waals surface area contributed by atoms with Crippen molar-refractivity contribution in [3.63, 3.8) is 0 Å². The molecule has 0 unspecified atom stereocenters. The Labute approximate surface area is 41.9 Å². The highest BCUT2D eigenvalue weighted by molar-refractivity contribution is 3.44. The molecule has 0 aliphatic rings. The van der Waals surface area contributed by atoms with E-state index in [1.165, 1.54) is 0 Å². The van der Waals surface area contributed by atoms with Gasteiger partial charge in [-0.1, -0.05) is 0 Å². The van der Waals surface area contributed by atoms with Gasteiger partial charge in [0, 0.05) is 0 Å². The second kappa shape index (κ2) is 2690. The van der Waals surface area contributed by atoms with E-state index in [1.54, 1.807) is 0 Å². The van der Waals surface area contributed by atoms with Crippen molar-refractivity contribution in [3.8, 4) is 0 Å². The Morgan fingerprint density at radius 2 is 1.00 bits per heavy atom. The number of nitrogens with zero attached hydrogens (tertiary/aromatic N) is 1. The van der Waals surface area contributed by atoms with Crippen LogP contribution in [0.4, 0.5) is 0 Å². The van der Waals surface area contributed by atoms with Gasteiger partial charge >= 0.3 is 0 Å². The minimum Gasteiger partial charge on any atom is -1.00 e. The molecule has 0 amide bonds. The summed E-state index contributed by atoms with van der Waals surface area (Å²) < 4.78 is 0. The summed E-state index contributed by atoms with van der Waals surface area (Å²) in [4.78, 5) is 0. The second-order valence-electron chi connectivity index (χ2n) is 0. The molecule has 0 saturated carbocycles. The zero-order chi connectivity index (χ0) is 2.00. The lowest BCUT2D eigenvalue weighted by Gasteiger charge is -1.08. The fourth-order valence-corrected chi connectivity index (χ4v) is 0. The minimum absolute atomic E-state index is 0. The molecule has 0 heterocycles. The summed E-state index contributed by atoms with van der Waals surface area (Å²) in [5, 5.41) is 6.25. The van der Waals surface area contributed by atoms with Crippen molar-refractivity contribution in [1.82, 2.24) is 12.3 Å². The van der Waals surface area contributed by atoms with Gasteiger partial charge in [0.2, 0.25) is 0 Å². The average Bonchev–Trinajstić information content (AvgIpc) is 1.00. The van der Waals surface area contributed by atoms with E-state index in [4.69, 9.17) is 11.8 Å². The molecule has 0 atom stereocenters. The third-order valence-corrected chi connectivity index (χ3v) is 0. The van der Waals surface area contributed by atoms with Crippen LogP contribution in [0.2, 0.25) is 0 Å². The first kappa shape index (κ1) is 93.4. The molecule has 5 heavy (non-hydrogen) atoms. The van der Waals surface area contributed by atoms with E-state index in [1.807, 2.05) is 0 Å². The van der Waals surface area contributed by atoms with Gasteiger partial charge in [-0.05, 0) is 0 Å². The van der Waals surface area contributed by atoms with Gasteiger partial charge in [0.05, 0.1) is 0 Å². The number of hydrogen-bond acceptors (Lipinski definition) is 1. The van der Waals surface area contributed by atoms with Crippen LogP contribution in [0, 0.1) is 11.8 Å². The summed E-state index contributed by atoms with van der Waals surface area (Å²) in [6.07, 6.45) is 0. The molecule has 0 aliphatic heterocycles. The molecule has 0 aromatic rings. The van der Waals surface area contributed by atoms with Gasteiger partial charge in [-0.3, -0.25) is 0 Å². The first-order chi connectivity index (χ1) is 1.00. The molecule has 0 rings (SSSR count). The fraction of sp³-hybridized carbons (Fsp3) is 0. The lowest BCUT2D eigenvalue weighted by Crippen LogP contribution is -3.00. The van der Waals surface area contributed by atoms with E-state index in [0.717, 1.165) is 0 Å². The lowest BCUT2D eigenvalue weighted by molar-refractivity contribution is -0.00000166. The Morgan fingerprint density at radius 3 is 1.00 bits per heavy atom. The summed E-state index contributed by atoms with van der Waals surface area (Å²) in [6, 6.07) is 0. The summed E-state index contributed by atoms with van der Waals surface area (Å²) in [7, 11) is 0. The van der Waals surface area contributed by atoms with Gasteiger partial charge in [0.25, 0.3) is 0 Å². The highest BCUT2D eigenvalue weighted by atomic mass is 79.9. The summed E-state index contributed by atoms with van der Waals surface area (Å²) >= 11 is 0. The topological polar surface area (TPSA) is 96.8 Å². The van der Waals surface area contributed by atoms with E-state index >= 15 is 0 Å². The highest BCUT2D eigenvalue weighted by Crippen LogP contribution is 0.626. The van der Waals surface area contributed by atoms with Crippen molar-refractivity contribution < 1.29 is 17.0 Å². The van der Waals surface area contributed by atoms with Crippen LogP contribution in [0.15, 0.2) is 0 Å². The van der Waals surface area contributed by atoms with Crippen LogP contribution in [0.3, 0.4) is 0 Å². The van der Waals surface area contributed by atoms with Crippen molar-refractivity contribution in [1.29, 1.82) is 5.26 Å². The maximum Gasteiger partial charge on any atom is -0.369 e. The van der Waals surface area contributed by atoms with Crippen molar-refractivity contribution in [2.45, 2.75) is 0 Å². The van der Waals surface area contributed by atoms with Crippen molar-refractivity contribution in [2.75, 3.05) is 0 Å². The van der Waals surface area contributed by atoms with Crippen molar-refractivity contribution in [3.05, 3.63) is 6.57 Å². The molecule has 0 bridgehead atoms. The molecule has 0 aliphatic carbocycles.